The Labute approximate surface area is 577 Å². The number of rotatable bonds is 11. The lowest BCUT2D eigenvalue weighted by atomic mass is 9.93. The molecule has 10 heteroatoms. The summed E-state index contributed by atoms with van der Waals surface area (Å²) in [5.41, 5.74) is 20.6. The first-order valence-corrected chi connectivity index (χ1v) is 34.9. The van der Waals surface area contributed by atoms with Crippen LogP contribution in [0.5, 0.6) is 0 Å². The van der Waals surface area contributed by atoms with Crippen molar-refractivity contribution in [2.45, 2.75) is 14.7 Å². The van der Waals surface area contributed by atoms with E-state index in [1.54, 1.807) is 0 Å². The van der Waals surface area contributed by atoms with Crippen LogP contribution in [0.3, 0.4) is 0 Å². The van der Waals surface area contributed by atoms with E-state index in [1.165, 1.54) is 52.8 Å². The normalized spacial score (nSPS) is 13.1. The van der Waals surface area contributed by atoms with Crippen LogP contribution in [0.15, 0.2) is 353 Å². The molecule has 0 N–H and O–H groups in total. The molecule has 14 aromatic carbocycles. The van der Waals surface area contributed by atoms with Gasteiger partial charge in [0.05, 0.1) is 22.1 Å². The molecule has 0 aliphatic carbocycles. The van der Waals surface area contributed by atoms with Gasteiger partial charge in [0.2, 0.25) is 0 Å². The van der Waals surface area contributed by atoms with Gasteiger partial charge in [-0.15, -0.1) is 0 Å². The highest BCUT2D eigenvalue weighted by Gasteiger charge is 2.32. The largest absolute Gasteiger partial charge is 0.455 e. The van der Waals surface area contributed by atoms with Gasteiger partial charge in [0.25, 0.3) is 0 Å². The third-order valence-electron chi connectivity index (χ3n) is 19.6. The van der Waals surface area contributed by atoms with Crippen molar-refractivity contribution in [2.24, 2.45) is 0 Å². The molecular weight excluding hydrogens is 1240 g/mol. The fourth-order valence-electron chi connectivity index (χ4n) is 14.9. The first-order valence-electron chi connectivity index (χ1n) is 33.6. The summed E-state index contributed by atoms with van der Waals surface area (Å²) < 4.78 is 11.6. The molecule has 1 unspecified atom stereocenters. The maximum Gasteiger partial charge on any atom is 0.164 e. The molecule has 20 rings (SSSR count). The molecule has 100 heavy (non-hydrogen) atoms. The van der Waals surface area contributed by atoms with Crippen molar-refractivity contribution in [1.29, 1.82) is 0 Å². The SMILES string of the molecule is c1ccc(-c2nc(-c3ccccc3)nc(-c3ccc4c(c3)-c3c(-c5ccc6c7ccccc7n(-c7ccccc7)c6c5)cccc3[SH]4c3ccc(-c4nc(-c5ccccc5)nc(-c5ccc6oc7c(-c8ccc9c%10ccccc%10n(-c%10ccccc%10)c9c8)cccc7c6c5)n4)cc3)n2)cc1. The molecule has 1 aliphatic rings. The zero-order valence-corrected chi connectivity index (χ0v) is 54.6. The first-order chi connectivity index (χ1) is 49.6. The maximum absolute atomic E-state index is 6.87. The topological polar surface area (TPSA) is 100 Å². The molecule has 0 saturated carbocycles. The van der Waals surface area contributed by atoms with E-state index in [4.69, 9.17) is 34.3 Å². The number of nitrogens with zero attached hydrogens (tertiary/aromatic N) is 8. The number of benzene rings is 14. The molecule has 0 fully saturated rings. The predicted octanol–water partition coefficient (Wildman–Crippen LogP) is 22.9. The lowest BCUT2D eigenvalue weighted by molar-refractivity contribution is 0.670. The second-order valence-corrected chi connectivity index (χ2v) is 27.5. The standard InChI is InChI=1S/C90H56N8OS/c1-6-22-56(23-7-1)85-91-86(57-24-8-2-9-25-57)95-90(94-85)63-45-51-81-75(53-63)83-67(60-42-48-71-69-32-16-18-37-76(69)97(78(71)54-60)64-28-12-4-13-29-64)34-21-39-82(83)100(81)66-46-40-59(41-47-66)88-92-87(58-26-10-3-11-27-58)93-89(96-88)62-44-50-80-74(52-62)73-36-20-35-68(84(73)99-80)61-43-49-72-70-33-17-19-38-77(70)98(79(72)55-61)65-30-14-5-15-31-65/h1-55,100H. The second kappa shape index (κ2) is 23.3. The summed E-state index contributed by atoms with van der Waals surface area (Å²) in [4.78, 5) is 35.1. The summed E-state index contributed by atoms with van der Waals surface area (Å²) >= 11 is 0. The molecule has 9 nitrogen and oxygen atoms in total. The Hall–Kier alpha value is -13.2. The molecule has 1 aliphatic heterocycles. The van der Waals surface area contributed by atoms with Crippen LogP contribution in [0.2, 0.25) is 0 Å². The van der Waals surface area contributed by atoms with Gasteiger partial charge >= 0.3 is 0 Å². The maximum atomic E-state index is 6.87. The first kappa shape index (κ1) is 57.1. The lowest BCUT2D eigenvalue weighted by Gasteiger charge is -2.20. The molecule has 19 aromatic rings. The van der Waals surface area contributed by atoms with Crippen molar-refractivity contribution < 1.29 is 4.42 Å². The zero-order chi connectivity index (χ0) is 65.8. The van der Waals surface area contributed by atoms with Crippen molar-refractivity contribution in [3.63, 3.8) is 0 Å². The van der Waals surface area contributed by atoms with Gasteiger partial charge in [-0.25, -0.2) is 29.9 Å². The van der Waals surface area contributed by atoms with E-state index in [2.05, 4.69) is 288 Å². The molecule has 0 bridgehead atoms. The van der Waals surface area contributed by atoms with Crippen LogP contribution < -0.4 is 0 Å². The fraction of sp³-hybridized carbons (Fsp3) is 0. The summed E-state index contributed by atoms with van der Waals surface area (Å²) in [5.74, 6) is 3.58. The molecule has 0 radical (unpaired) electrons. The van der Waals surface area contributed by atoms with Gasteiger partial charge < -0.3 is 13.6 Å². The third-order valence-corrected chi connectivity index (χ3v) is 22.1. The number of para-hydroxylation sites is 5. The Balaban J connectivity index is 0.707. The lowest BCUT2D eigenvalue weighted by Crippen LogP contribution is -2.00. The van der Waals surface area contributed by atoms with E-state index < -0.39 is 10.9 Å². The third kappa shape index (κ3) is 9.48. The molecule has 5 aromatic heterocycles. The molecule has 6 heterocycles. The van der Waals surface area contributed by atoms with E-state index in [-0.39, 0.29) is 0 Å². The van der Waals surface area contributed by atoms with Gasteiger partial charge in [0, 0.05) is 98.0 Å². The van der Waals surface area contributed by atoms with Crippen LogP contribution >= 0.6 is 10.9 Å². The minimum Gasteiger partial charge on any atom is -0.455 e. The predicted molar refractivity (Wildman–Crippen MR) is 408 cm³/mol. The van der Waals surface area contributed by atoms with Gasteiger partial charge in [-0.2, -0.15) is 10.9 Å². The highest BCUT2D eigenvalue weighted by molar-refractivity contribution is 8.17. The Morgan fingerprint density at radius 3 is 1.18 bits per heavy atom. The number of fused-ring (bicyclic) bond motifs is 12. The number of hydrogen-bond acceptors (Lipinski definition) is 7. The average molecular weight is 1300 g/mol. The zero-order valence-electron chi connectivity index (χ0n) is 53.7. The van der Waals surface area contributed by atoms with Crippen LogP contribution in [0.4, 0.5) is 0 Å². The Morgan fingerprint density at radius 1 is 0.240 bits per heavy atom. The monoisotopic (exact) mass is 1300 g/mol. The molecule has 468 valence electrons. The van der Waals surface area contributed by atoms with Gasteiger partial charge in [-0.3, -0.25) is 0 Å². The summed E-state index contributed by atoms with van der Waals surface area (Å²) in [6.07, 6.45) is 0. The summed E-state index contributed by atoms with van der Waals surface area (Å²) in [6, 6.07) is 118. The van der Waals surface area contributed by atoms with E-state index in [0.29, 0.717) is 34.9 Å². The Bertz CT molecular complexity index is 6390. The molecule has 0 saturated heterocycles. The number of thiol groups is 1. The van der Waals surface area contributed by atoms with E-state index in [9.17, 15) is 0 Å². The van der Waals surface area contributed by atoms with Gasteiger partial charge in [-0.05, 0) is 124 Å². The van der Waals surface area contributed by atoms with E-state index in [1.807, 2.05) is 54.6 Å². The highest BCUT2D eigenvalue weighted by atomic mass is 32.2. The highest BCUT2D eigenvalue weighted by Crippen LogP contribution is 2.65. The number of hydrogen-bond donors (Lipinski definition) is 1. The van der Waals surface area contributed by atoms with Crippen molar-refractivity contribution in [1.82, 2.24) is 39.0 Å². The summed E-state index contributed by atoms with van der Waals surface area (Å²) in [6.45, 7) is 0. The van der Waals surface area contributed by atoms with Crippen LogP contribution in [-0.4, -0.2) is 39.0 Å². The average Bonchev–Trinajstić information content (AvgIpc) is 1.58. The van der Waals surface area contributed by atoms with Crippen LogP contribution in [0, 0.1) is 0 Å². The van der Waals surface area contributed by atoms with Gasteiger partial charge in [0.1, 0.15) is 11.2 Å². The summed E-state index contributed by atoms with van der Waals surface area (Å²) in [7, 11) is -1.09. The smallest absolute Gasteiger partial charge is 0.164 e. The van der Waals surface area contributed by atoms with E-state index in [0.717, 1.165) is 106 Å². The van der Waals surface area contributed by atoms with Crippen molar-refractivity contribution in [3.8, 4) is 113 Å². The minimum atomic E-state index is -1.09. The number of furan rings is 1. The molecule has 1 atom stereocenters. The van der Waals surface area contributed by atoms with E-state index >= 15 is 0 Å². The Morgan fingerprint density at radius 2 is 0.640 bits per heavy atom. The van der Waals surface area contributed by atoms with Gasteiger partial charge in [0.15, 0.2) is 34.9 Å². The number of aromatic nitrogens is 8. The minimum absolute atomic E-state index is 0.568. The fourth-order valence-corrected chi connectivity index (χ4v) is 17.5. The molecular formula is C90H56N8OS. The van der Waals surface area contributed by atoms with Crippen LogP contribution in [-0.2, 0) is 0 Å². The quantitative estimate of drug-likeness (QED) is 0.129. The summed E-state index contributed by atoms with van der Waals surface area (Å²) in [5, 5.41) is 6.83. The van der Waals surface area contributed by atoms with Crippen molar-refractivity contribution in [3.05, 3.63) is 334 Å². The molecule has 0 amide bonds. The van der Waals surface area contributed by atoms with Crippen molar-refractivity contribution >= 4 is 76.4 Å². The second-order valence-electron chi connectivity index (χ2n) is 25.4. The Kier molecular flexibility index (Phi) is 13.3. The van der Waals surface area contributed by atoms with Crippen LogP contribution in [0.25, 0.3) is 179 Å². The molecule has 0 spiro atoms. The van der Waals surface area contributed by atoms with Crippen LogP contribution in [0.1, 0.15) is 0 Å². The van der Waals surface area contributed by atoms with Gasteiger partial charge in [-0.1, -0.05) is 237 Å². The van der Waals surface area contributed by atoms with Crippen molar-refractivity contribution in [2.75, 3.05) is 0 Å².